The molecule has 1 unspecified atom stereocenters. The van der Waals surface area contributed by atoms with Crippen LogP contribution in [0, 0.1) is 5.92 Å². The van der Waals surface area contributed by atoms with Gasteiger partial charge in [0.25, 0.3) is 0 Å². The van der Waals surface area contributed by atoms with E-state index in [1.54, 1.807) is 0 Å². The summed E-state index contributed by atoms with van der Waals surface area (Å²) in [7, 11) is 0. The number of benzene rings is 2. The Labute approximate surface area is 127 Å². The van der Waals surface area contributed by atoms with Crippen molar-refractivity contribution in [3.63, 3.8) is 0 Å². The van der Waals surface area contributed by atoms with Gasteiger partial charge in [0, 0.05) is 0 Å². The molecule has 0 bridgehead atoms. The smallest absolute Gasteiger partial charge is 0.127 e. The molecule has 2 nitrogen and oxygen atoms in total. The third kappa shape index (κ3) is 4.61. The van der Waals surface area contributed by atoms with Gasteiger partial charge in [-0.2, -0.15) is 0 Å². The first-order valence-corrected chi connectivity index (χ1v) is 7.73. The maximum atomic E-state index is 10.4. The second-order valence-electron chi connectivity index (χ2n) is 5.42. The maximum absolute atomic E-state index is 10.4. The standard InChI is InChI=1S/C19H24O2/c1-3-15(4-2)13-19(20)16-9-8-12-18(14-16)21-17-10-6-5-7-11-17/h5-12,14-15,19-20H,3-4,13H2,1-2H3. The van der Waals surface area contributed by atoms with Crippen LogP contribution in [-0.4, -0.2) is 5.11 Å². The Kier molecular flexibility index (Phi) is 5.82. The van der Waals surface area contributed by atoms with Gasteiger partial charge >= 0.3 is 0 Å². The van der Waals surface area contributed by atoms with E-state index in [2.05, 4.69) is 13.8 Å². The minimum atomic E-state index is -0.422. The molecule has 0 saturated carbocycles. The second kappa shape index (κ2) is 7.84. The molecule has 21 heavy (non-hydrogen) atoms. The zero-order chi connectivity index (χ0) is 15.1. The fourth-order valence-electron chi connectivity index (χ4n) is 2.48. The van der Waals surface area contributed by atoms with Gasteiger partial charge in [-0.05, 0) is 42.2 Å². The highest BCUT2D eigenvalue weighted by Crippen LogP contribution is 2.29. The molecule has 0 saturated heterocycles. The number of aliphatic hydroxyl groups excluding tert-OH is 1. The quantitative estimate of drug-likeness (QED) is 0.743. The fraction of sp³-hybridized carbons (Fsp3) is 0.368. The second-order valence-corrected chi connectivity index (χ2v) is 5.42. The molecule has 0 amide bonds. The van der Waals surface area contributed by atoms with Crippen molar-refractivity contribution in [2.24, 2.45) is 5.92 Å². The molecule has 0 heterocycles. The van der Waals surface area contributed by atoms with Crippen LogP contribution in [-0.2, 0) is 0 Å². The summed E-state index contributed by atoms with van der Waals surface area (Å²) in [5.74, 6) is 2.14. The lowest BCUT2D eigenvalue weighted by Gasteiger charge is -2.18. The summed E-state index contributed by atoms with van der Waals surface area (Å²) >= 11 is 0. The SMILES string of the molecule is CCC(CC)CC(O)c1cccc(Oc2ccccc2)c1. The van der Waals surface area contributed by atoms with E-state index in [4.69, 9.17) is 4.74 Å². The van der Waals surface area contributed by atoms with Crippen molar-refractivity contribution >= 4 is 0 Å². The van der Waals surface area contributed by atoms with Crippen molar-refractivity contribution in [3.8, 4) is 11.5 Å². The van der Waals surface area contributed by atoms with E-state index in [1.165, 1.54) is 0 Å². The molecular weight excluding hydrogens is 260 g/mol. The van der Waals surface area contributed by atoms with Gasteiger partial charge in [-0.15, -0.1) is 0 Å². The van der Waals surface area contributed by atoms with Crippen molar-refractivity contribution in [1.82, 2.24) is 0 Å². The molecule has 0 spiro atoms. The molecule has 2 rings (SSSR count). The highest BCUT2D eigenvalue weighted by molar-refractivity contribution is 5.34. The molecule has 112 valence electrons. The minimum absolute atomic E-state index is 0.422. The number of hydrogen-bond acceptors (Lipinski definition) is 2. The van der Waals surface area contributed by atoms with Crippen molar-refractivity contribution in [2.45, 2.75) is 39.2 Å². The van der Waals surface area contributed by atoms with E-state index in [0.29, 0.717) is 5.92 Å². The first kappa shape index (κ1) is 15.6. The lowest BCUT2D eigenvalue weighted by Crippen LogP contribution is -2.06. The monoisotopic (exact) mass is 284 g/mol. The van der Waals surface area contributed by atoms with Crippen LogP contribution in [0.2, 0.25) is 0 Å². The van der Waals surface area contributed by atoms with Gasteiger partial charge in [0.05, 0.1) is 6.10 Å². The topological polar surface area (TPSA) is 29.5 Å². The molecule has 2 aromatic carbocycles. The predicted octanol–water partition coefficient (Wildman–Crippen LogP) is 5.34. The number of rotatable bonds is 7. The van der Waals surface area contributed by atoms with E-state index >= 15 is 0 Å². The van der Waals surface area contributed by atoms with E-state index in [1.807, 2.05) is 54.6 Å². The Hall–Kier alpha value is -1.80. The largest absolute Gasteiger partial charge is 0.457 e. The Morgan fingerprint density at radius 1 is 0.905 bits per heavy atom. The van der Waals surface area contributed by atoms with Crippen molar-refractivity contribution in [2.75, 3.05) is 0 Å². The minimum Gasteiger partial charge on any atom is -0.457 e. The van der Waals surface area contributed by atoms with Crippen LogP contribution in [0.1, 0.15) is 44.8 Å². The summed E-state index contributed by atoms with van der Waals surface area (Å²) in [5.41, 5.74) is 0.926. The van der Waals surface area contributed by atoms with Gasteiger partial charge in [-0.25, -0.2) is 0 Å². The summed E-state index contributed by atoms with van der Waals surface area (Å²) < 4.78 is 5.82. The average Bonchev–Trinajstić information content (AvgIpc) is 2.53. The zero-order valence-corrected chi connectivity index (χ0v) is 12.8. The number of aliphatic hydroxyl groups is 1. The summed E-state index contributed by atoms with van der Waals surface area (Å²) in [6.45, 7) is 4.35. The third-order valence-electron chi connectivity index (χ3n) is 3.93. The Morgan fingerprint density at radius 2 is 1.57 bits per heavy atom. The maximum Gasteiger partial charge on any atom is 0.127 e. The van der Waals surface area contributed by atoms with Crippen LogP contribution in [0.15, 0.2) is 54.6 Å². The van der Waals surface area contributed by atoms with E-state index in [0.717, 1.165) is 36.3 Å². The molecule has 2 aromatic rings. The van der Waals surface area contributed by atoms with Crippen LogP contribution in [0.25, 0.3) is 0 Å². The first-order valence-electron chi connectivity index (χ1n) is 7.73. The summed E-state index contributed by atoms with van der Waals surface area (Å²) in [6.07, 6.45) is 2.60. The van der Waals surface area contributed by atoms with Gasteiger partial charge in [0.2, 0.25) is 0 Å². The third-order valence-corrected chi connectivity index (χ3v) is 3.93. The number of hydrogen-bond donors (Lipinski definition) is 1. The molecule has 0 radical (unpaired) electrons. The highest BCUT2D eigenvalue weighted by Gasteiger charge is 2.14. The molecule has 0 aliphatic rings. The van der Waals surface area contributed by atoms with Gasteiger partial charge in [0.15, 0.2) is 0 Å². The van der Waals surface area contributed by atoms with Crippen LogP contribution in [0.4, 0.5) is 0 Å². The molecule has 0 fully saturated rings. The van der Waals surface area contributed by atoms with Gasteiger partial charge in [-0.3, -0.25) is 0 Å². The molecule has 2 heteroatoms. The van der Waals surface area contributed by atoms with Crippen LogP contribution >= 0.6 is 0 Å². The Balaban J connectivity index is 2.06. The van der Waals surface area contributed by atoms with Gasteiger partial charge in [0.1, 0.15) is 11.5 Å². The van der Waals surface area contributed by atoms with Crippen molar-refractivity contribution in [3.05, 3.63) is 60.2 Å². The molecule has 1 atom stereocenters. The zero-order valence-electron chi connectivity index (χ0n) is 12.8. The van der Waals surface area contributed by atoms with Crippen LogP contribution in [0.3, 0.4) is 0 Å². The lowest BCUT2D eigenvalue weighted by molar-refractivity contribution is 0.141. The van der Waals surface area contributed by atoms with Crippen molar-refractivity contribution in [1.29, 1.82) is 0 Å². The van der Waals surface area contributed by atoms with E-state index < -0.39 is 6.10 Å². The average molecular weight is 284 g/mol. The van der Waals surface area contributed by atoms with Gasteiger partial charge in [-0.1, -0.05) is 57.0 Å². The molecule has 0 aliphatic carbocycles. The lowest BCUT2D eigenvalue weighted by atomic mass is 9.93. The Morgan fingerprint density at radius 3 is 2.24 bits per heavy atom. The predicted molar refractivity (Wildman–Crippen MR) is 86.6 cm³/mol. The Bertz CT molecular complexity index is 532. The summed E-state index contributed by atoms with van der Waals surface area (Å²) in [4.78, 5) is 0. The molecular formula is C19H24O2. The van der Waals surface area contributed by atoms with Crippen LogP contribution in [0.5, 0.6) is 11.5 Å². The van der Waals surface area contributed by atoms with Crippen molar-refractivity contribution < 1.29 is 9.84 Å². The summed E-state index contributed by atoms with van der Waals surface area (Å²) in [6, 6.07) is 17.4. The first-order chi connectivity index (χ1) is 10.2. The highest BCUT2D eigenvalue weighted by atomic mass is 16.5. The number of para-hydroxylation sites is 1. The van der Waals surface area contributed by atoms with Crippen LogP contribution < -0.4 is 4.74 Å². The van der Waals surface area contributed by atoms with E-state index in [9.17, 15) is 5.11 Å². The van der Waals surface area contributed by atoms with Gasteiger partial charge < -0.3 is 9.84 Å². The normalized spacial score (nSPS) is 12.4. The molecule has 0 aromatic heterocycles. The molecule has 1 N–H and O–H groups in total. The van der Waals surface area contributed by atoms with E-state index in [-0.39, 0.29) is 0 Å². The summed E-state index contributed by atoms with van der Waals surface area (Å²) in [5, 5.41) is 10.4. The molecule has 0 aliphatic heterocycles. The number of ether oxygens (including phenoxy) is 1. The fourth-order valence-corrected chi connectivity index (χ4v) is 2.48.